The lowest BCUT2D eigenvalue weighted by Gasteiger charge is -2.34. The Balaban J connectivity index is 1.44. The van der Waals surface area contributed by atoms with E-state index in [9.17, 15) is 0 Å². The zero-order valence-corrected chi connectivity index (χ0v) is 14.6. The summed E-state index contributed by atoms with van der Waals surface area (Å²) in [6.07, 6.45) is 11.5. The Hall–Kier alpha value is -0.120. The Morgan fingerprint density at radius 2 is 1.59 bits per heavy atom. The maximum absolute atomic E-state index is 6.42. The van der Waals surface area contributed by atoms with Crippen molar-refractivity contribution in [1.29, 1.82) is 0 Å². The second kappa shape index (κ2) is 7.63. The lowest BCUT2D eigenvalue weighted by molar-refractivity contribution is -0.0626. The van der Waals surface area contributed by atoms with Gasteiger partial charge >= 0.3 is 0 Å². The molecule has 128 valence electrons. The lowest BCUT2D eigenvalue weighted by Crippen LogP contribution is -2.35. The molecule has 3 rings (SSSR count). The van der Waals surface area contributed by atoms with E-state index >= 15 is 0 Å². The molecule has 0 bridgehead atoms. The molecule has 2 saturated carbocycles. The summed E-state index contributed by atoms with van der Waals surface area (Å²) in [5.41, 5.74) is 0. The van der Waals surface area contributed by atoms with E-state index in [2.05, 4.69) is 13.8 Å². The lowest BCUT2D eigenvalue weighted by atomic mass is 9.72. The van der Waals surface area contributed by atoms with Crippen molar-refractivity contribution in [3.8, 4) is 0 Å². The van der Waals surface area contributed by atoms with E-state index in [0.717, 1.165) is 37.2 Å². The summed E-state index contributed by atoms with van der Waals surface area (Å²) in [7, 11) is 1.84. The highest BCUT2D eigenvalue weighted by Gasteiger charge is 2.49. The van der Waals surface area contributed by atoms with Crippen LogP contribution in [0, 0.1) is 17.8 Å². The van der Waals surface area contributed by atoms with Crippen LogP contribution >= 0.6 is 0 Å². The van der Waals surface area contributed by atoms with Crippen molar-refractivity contribution in [1.82, 2.24) is 0 Å². The molecule has 6 unspecified atom stereocenters. The summed E-state index contributed by atoms with van der Waals surface area (Å²) < 4.78 is 18.1. The Labute approximate surface area is 136 Å². The molecule has 0 radical (unpaired) electrons. The van der Waals surface area contributed by atoms with Crippen LogP contribution in [-0.2, 0) is 14.2 Å². The highest BCUT2D eigenvalue weighted by Crippen LogP contribution is 2.48. The van der Waals surface area contributed by atoms with Crippen LogP contribution in [0.1, 0.15) is 65.2 Å². The Kier molecular flexibility index (Phi) is 5.80. The quantitative estimate of drug-likeness (QED) is 0.688. The van der Waals surface area contributed by atoms with Gasteiger partial charge in [0, 0.05) is 26.6 Å². The van der Waals surface area contributed by atoms with Crippen LogP contribution in [-0.4, -0.2) is 38.1 Å². The molecule has 3 aliphatic rings. The summed E-state index contributed by atoms with van der Waals surface area (Å²) in [6, 6.07) is 0. The van der Waals surface area contributed by atoms with Gasteiger partial charge in [0.15, 0.2) is 0 Å². The maximum Gasteiger partial charge on any atom is 0.0635 e. The number of fused-ring (bicyclic) bond motifs is 3. The van der Waals surface area contributed by atoms with Crippen molar-refractivity contribution in [3.63, 3.8) is 0 Å². The zero-order valence-electron chi connectivity index (χ0n) is 14.6. The van der Waals surface area contributed by atoms with Gasteiger partial charge in [-0.25, -0.2) is 0 Å². The third-order valence-electron chi connectivity index (χ3n) is 6.10. The van der Waals surface area contributed by atoms with Crippen LogP contribution in [0.3, 0.4) is 0 Å². The van der Waals surface area contributed by atoms with Crippen molar-refractivity contribution in [2.24, 2.45) is 17.8 Å². The summed E-state index contributed by atoms with van der Waals surface area (Å²) in [6.45, 7) is 5.50. The fourth-order valence-electron chi connectivity index (χ4n) is 4.86. The molecule has 1 saturated heterocycles. The van der Waals surface area contributed by atoms with Crippen molar-refractivity contribution < 1.29 is 14.2 Å². The van der Waals surface area contributed by atoms with Gasteiger partial charge in [-0.1, -0.05) is 13.8 Å². The van der Waals surface area contributed by atoms with Gasteiger partial charge in [-0.3, -0.25) is 0 Å². The van der Waals surface area contributed by atoms with Gasteiger partial charge < -0.3 is 14.2 Å². The minimum absolute atomic E-state index is 0.421. The number of methoxy groups -OCH3 is 1. The first kappa shape index (κ1) is 16.7. The molecule has 3 nitrogen and oxygen atoms in total. The Morgan fingerprint density at radius 1 is 0.955 bits per heavy atom. The van der Waals surface area contributed by atoms with E-state index < -0.39 is 0 Å². The molecular formula is C19H34O3. The summed E-state index contributed by atoms with van der Waals surface area (Å²) in [5.74, 6) is 2.37. The standard InChI is InChI=1S/C19H34O3/c1-13(2)5-4-10-21-15-7-9-17-16-8-6-14(20-3)11-18(16)22-19(17)12-15/h13-19H,4-12H2,1-3H3. The van der Waals surface area contributed by atoms with E-state index in [0.29, 0.717) is 24.4 Å². The summed E-state index contributed by atoms with van der Waals surface area (Å²) >= 11 is 0. The van der Waals surface area contributed by atoms with Gasteiger partial charge in [-0.2, -0.15) is 0 Å². The van der Waals surface area contributed by atoms with Crippen LogP contribution in [0.25, 0.3) is 0 Å². The molecule has 3 fully saturated rings. The van der Waals surface area contributed by atoms with E-state index in [1.54, 1.807) is 0 Å². The minimum Gasteiger partial charge on any atom is -0.381 e. The minimum atomic E-state index is 0.421. The van der Waals surface area contributed by atoms with Crippen LogP contribution in [0.2, 0.25) is 0 Å². The van der Waals surface area contributed by atoms with Crippen molar-refractivity contribution >= 4 is 0 Å². The number of rotatable bonds is 6. The fraction of sp³-hybridized carbons (Fsp3) is 1.00. The molecule has 0 aromatic carbocycles. The molecule has 0 aromatic rings. The molecular weight excluding hydrogens is 276 g/mol. The van der Waals surface area contributed by atoms with E-state index in [-0.39, 0.29) is 0 Å². The largest absolute Gasteiger partial charge is 0.381 e. The predicted molar refractivity (Wildman–Crippen MR) is 88.0 cm³/mol. The van der Waals surface area contributed by atoms with Gasteiger partial charge in [0.25, 0.3) is 0 Å². The first-order valence-corrected chi connectivity index (χ1v) is 9.47. The third kappa shape index (κ3) is 3.85. The van der Waals surface area contributed by atoms with Crippen molar-refractivity contribution in [2.45, 2.75) is 89.6 Å². The van der Waals surface area contributed by atoms with Crippen LogP contribution < -0.4 is 0 Å². The molecule has 0 N–H and O–H groups in total. The predicted octanol–water partition coefficient (Wildman–Crippen LogP) is 4.19. The van der Waals surface area contributed by atoms with Gasteiger partial charge in [-0.05, 0) is 56.3 Å². The van der Waals surface area contributed by atoms with Crippen LogP contribution in [0.5, 0.6) is 0 Å². The molecule has 1 heterocycles. The van der Waals surface area contributed by atoms with E-state index in [4.69, 9.17) is 14.2 Å². The summed E-state index contributed by atoms with van der Waals surface area (Å²) in [5, 5.41) is 0. The fourth-order valence-corrected chi connectivity index (χ4v) is 4.86. The van der Waals surface area contributed by atoms with E-state index in [1.807, 2.05) is 7.11 Å². The first-order valence-electron chi connectivity index (χ1n) is 9.47. The Bertz CT molecular complexity index is 344. The zero-order chi connectivity index (χ0) is 15.5. The number of ether oxygens (including phenoxy) is 3. The normalized spacial score (nSPS) is 41.5. The first-order chi connectivity index (χ1) is 10.7. The highest BCUT2D eigenvalue weighted by atomic mass is 16.5. The maximum atomic E-state index is 6.42. The monoisotopic (exact) mass is 310 g/mol. The smallest absolute Gasteiger partial charge is 0.0635 e. The molecule has 2 aliphatic carbocycles. The molecule has 3 heteroatoms. The number of hydrogen-bond acceptors (Lipinski definition) is 3. The molecule has 22 heavy (non-hydrogen) atoms. The SMILES string of the molecule is COC1CCC2C(C1)OC1CC(OCCCC(C)C)CCC12. The summed E-state index contributed by atoms with van der Waals surface area (Å²) in [4.78, 5) is 0. The second-order valence-corrected chi connectivity index (χ2v) is 8.05. The topological polar surface area (TPSA) is 27.7 Å². The third-order valence-corrected chi connectivity index (χ3v) is 6.10. The van der Waals surface area contributed by atoms with E-state index in [1.165, 1.54) is 38.5 Å². The molecule has 6 atom stereocenters. The molecule has 0 aromatic heterocycles. The molecule has 0 amide bonds. The van der Waals surface area contributed by atoms with Gasteiger partial charge in [0.2, 0.25) is 0 Å². The molecule has 0 spiro atoms. The van der Waals surface area contributed by atoms with Gasteiger partial charge in [-0.15, -0.1) is 0 Å². The average Bonchev–Trinajstić information content (AvgIpc) is 2.87. The second-order valence-electron chi connectivity index (χ2n) is 8.05. The molecule has 1 aliphatic heterocycles. The van der Waals surface area contributed by atoms with Crippen LogP contribution in [0.15, 0.2) is 0 Å². The highest BCUT2D eigenvalue weighted by molar-refractivity contribution is 4.97. The van der Waals surface area contributed by atoms with Gasteiger partial charge in [0.1, 0.15) is 0 Å². The van der Waals surface area contributed by atoms with Crippen molar-refractivity contribution in [3.05, 3.63) is 0 Å². The number of hydrogen-bond donors (Lipinski definition) is 0. The Morgan fingerprint density at radius 3 is 2.23 bits per heavy atom. The average molecular weight is 310 g/mol. The van der Waals surface area contributed by atoms with Gasteiger partial charge in [0.05, 0.1) is 24.4 Å². The van der Waals surface area contributed by atoms with Crippen LogP contribution in [0.4, 0.5) is 0 Å². The van der Waals surface area contributed by atoms with Crippen molar-refractivity contribution in [2.75, 3.05) is 13.7 Å².